The summed E-state index contributed by atoms with van der Waals surface area (Å²) in [5.41, 5.74) is -0.261. The maximum absolute atomic E-state index is 12.9. The second-order valence-corrected chi connectivity index (χ2v) is 6.20. The molecule has 0 radical (unpaired) electrons. The Balaban J connectivity index is 2.35. The first-order valence-electron chi connectivity index (χ1n) is 6.53. The number of alkyl halides is 3. The van der Waals surface area contributed by atoms with E-state index in [-0.39, 0.29) is 11.1 Å². The lowest BCUT2D eigenvalue weighted by Gasteiger charge is -2.11. The number of thiophene rings is 1. The van der Waals surface area contributed by atoms with Gasteiger partial charge in [-0.3, -0.25) is 0 Å². The van der Waals surface area contributed by atoms with E-state index in [1.807, 2.05) is 26.0 Å². The molecule has 1 aromatic heterocycles. The van der Waals surface area contributed by atoms with E-state index in [9.17, 15) is 13.2 Å². The number of nitrogens with one attached hydrogen (secondary N) is 1. The summed E-state index contributed by atoms with van der Waals surface area (Å²) >= 11 is 7.12. The number of benzene rings is 1. The molecule has 0 aliphatic carbocycles. The minimum absolute atomic E-state index is 0.183. The van der Waals surface area contributed by atoms with Crippen molar-refractivity contribution in [1.82, 2.24) is 5.32 Å². The zero-order valence-corrected chi connectivity index (χ0v) is 13.2. The van der Waals surface area contributed by atoms with Crippen LogP contribution in [0.1, 0.15) is 30.3 Å². The van der Waals surface area contributed by atoms with Gasteiger partial charge >= 0.3 is 6.18 Å². The second-order valence-electron chi connectivity index (χ2n) is 4.67. The molecule has 1 unspecified atom stereocenters. The van der Waals surface area contributed by atoms with Crippen LogP contribution >= 0.6 is 22.9 Å². The molecule has 0 aliphatic heterocycles. The molecule has 1 heterocycles. The van der Waals surface area contributed by atoms with Crippen LogP contribution in [0.15, 0.2) is 30.3 Å². The van der Waals surface area contributed by atoms with Gasteiger partial charge < -0.3 is 5.32 Å². The fraction of sp³-hybridized carbons (Fsp3) is 0.333. The summed E-state index contributed by atoms with van der Waals surface area (Å²) < 4.78 is 38.7. The predicted molar refractivity (Wildman–Crippen MR) is 81.9 cm³/mol. The van der Waals surface area contributed by atoms with Gasteiger partial charge in [-0.05, 0) is 43.3 Å². The van der Waals surface area contributed by atoms with Gasteiger partial charge in [0.15, 0.2) is 0 Å². The van der Waals surface area contributed by atoms with Crippen LogP contribution in [0, 0.1) is 0 Å². The van der Waals surface area contributed by atoms with E-state index < -0.39 is 11.7 Å². The number of hydrogen-bond acceptors (Lipinski definition) is 2. The van der Waals surface area contributed by atoms with E-state index in [1.165, 1.54) is 17.4 Å². The third-order valence-electron chi connectivity index (χ3n) is 3.12. The first kappa shape index (κ1) is 16.3. The molecule has 6 heteroatoms. The van der Waals surface area contributed by atoms with E-state index in [1.54, 1.807) is 6.07 Å². The van der Waals surface area contributed by atoms with Crippen LogP contribution in [0.2, 0.25) is 5.02 Å². The zero-order valence-electron chi connectivity index (χ0n) is 11.6. The van der Waals surface area contributed by atoms with Gasteiger partial charge in [0.1, 0.15) is 0 Å². The number of hydrogen-bond donors (Lipinski definition) is 1. The molecule has 0 saturated heterocycles. The summed E-state index contributed by atoms with van der Waals surface area (Å²) in [5, 5.41) is 3.01. The van der Waals surface area contributed by atoms with E-state index in [2.05, 4.69) is 5.32 Å². The predicted octanol–water partition coefficient (Wildman–Crippen LogP) is 5.76. The molecule has 2 rings (SSSR count). The third kappa shape index (κ3) is 3.78. The Morgan fingerprint density at radius 2 is 1.95 bits per heavy atom. The topological polar surface area (TPSA) is 12.0 Å². The molecule has 1 atom stereocenters. The largest absolute Gasteiger partial charge is 0.417 e. The first-order chi connectivity index (χ1) is 9.82. The van der Waals surface area contributed by atoms with Crippen molar-refractivity contribution in [2.45, 2.75) is 26.1 Å². The fourth-order valence-electron chi connectivity index (χ4n) is 2.04. The minimum atomic E-state index is -4.44. The third-order valence-corrected chi connectivity index (χ3v) is 4.77. The molecular formula is C15H15ClF3NS. The van der Waals surface area contributed by atoms with Gasteiger partial charge in [0, 0.05) is 15.8 Å². The Bertz CT molecular complexity index is 622. The summed E-state index contributed by atoms with van der Waals surface area (Å²) in [4.78, 5) is 1.90. The van der Waals surface area contributed by atoms with Gasteiger partial charge in [0.25, 0.3) is 0 Å². The van der Waals surface area contributed by atoms with Crippen molar-refractivity contribution in [3.8, 4) is 10.4 Å². The highest BCUT2D eigenvalue weighted by atomic mass is 35.5. The Morgan fingerprint density at radius 1 is 1.24 bits per heavy atom. The lowest BCUT2D eigenvalue weighted by Crippen LogP contribution is -2.16. The molecule has 114 valence electrons. The summed E-state index contributed by atoms with van der Waals surface area (Å²) in [6.07, 6.45) is -4.44. The molecule has 0 bridgehead atoms. The number of rotatable bonds is 4. The van der Waals surface area contributed by atoms with Crippen LogP contribution in [0.4, 0.5) is 13.2 Å². The van der Waals surface area contributed by atoms with Crippen molar-refractivity contribution in [3.05, 3.63) is 45.8 Å². The van der Waals surface area contributed by atoms with Crippen molar-refractivity contribution < 1.29 is 13.2 Å². The summed E-state index contributed by atoms with van der Waals surface area (Å²) in [6.45, 7) is 4.88. The molecule has 21 heavy (non-hydrogen) atoms. The summed E-state index contributed by atoms with van der Waals surface area (Å²) in [6, 6.07) is 7.99. The SMILES string of the molecule is CCNC(C)c1ccc(-c2ccc(Cl)c(C(F)(F)F)c2)s1. The molecule has 1 N–H and O–H groups in total. The second kappa shape index (κ2) is 6.38. The molecular weight excluding hydrogens is 319 g/mol. The van der Waals surface area contributed by atoms with Crippen molar-refractivity contribution in [2.24, 2.45) is 0 Å². The van der Waals surface area contributed by atoms with Crippen LogP contribution in [0.25, 0.3) is 10.4 Å². The van der Waals surface area contributed by atoms with Crippen molar-refractivity contribution >= 4 is 22.9 Å². The highest BCUT2D eigenvalue weighted by Crippen LogP contribution is 2.39. The Labute approximate surface area is 130 Å². The molecule has 0 spiro atoms. The average molecular weight is 334 g/mol. The van der Waals surface area contributed by atoms with Gasteiger partial charge in [-0.1, -0.05) is 24.6 Å². The lowest BCUT2D eigenvalue weighted by atomic mass is 10.1. The minimum Gasteiger partial charge on any atom is -0.310 e. The van der Waals surface area contributed by atoms with Crippen LogP contribution in [0.5, 0.6) is 0 Å². The Kier molecular flexibility index (Phi) is 4.96. The van der Waals surface area contributed by atoms with Gasteiger partial charge in [0.05, 0.1) is 10.6 Å². The first-order valence-corrected chi connectivity index (χ1v) is 7.72. The van der Waals surface area contributed by atoms with E-state index in [4.69, 9.17) is 11.6 Å². The van der Waals surface area contributed by atoms with Crippen LogP contribution in [0.3, 0.4) is 0 Å². The maximum Gasteiger partial charge on any atom is 0.417 e. The molecule has 2 aromatic rings. The Morgan fingerprint density at radius 3 is 2.57 bits per heavy atom. The van der Waals surface area contributed by atoms with Crippen LogP contribution in [-0.4, -0.2) is 6.54 Å². The average Bonchev–Trinajstić information content (AvgIpc) is 2.88. The number of halogens is 4. The van der Waals surface area contributed by atoms with Gasteiger partial charge in [-0.25, -0.2) is 0 Å². The standard InChI is InChI=1S/C15H15ClF3NS/c1-3-20-9(2)13-6-7-14(21-13)10-4-5-12(16)11(8-10)15(17,18)19/h4-9,20H,3H2,1-2H3. The summed E-state index contributed by atoms with van der Waals surface area (Å²) in [5.74, 6) is 0. The molecule has 0 amide bonds. The van der Waals surface area contributed by atoms with Gasteiger partial charge in [-0.2, -0.15) is 13.2 Å². The normalized spacial score (nSPS) is 13.4. The highest BCUT2D eigenvalue weighted by molar-refractivity contribution is 7.15. The quantitative estimate of drug-likeness (QED) is 0.750. The van der Waals surface area contributed by atoms with E-state index >= 15 is 0 Å². The molecule has 0 aliphatic rings. The smallest absolute Gasteiger partial charge is 0.310 e. The van der Waals surface area contributed by atoms with Crippen molar-refractivity contribution in [3.63, 3.8) is 0 Å². The molecule has 0 fully saturated rings. The molecule has 1 aromatic carbocycles. The van der Waals surface area contributed by atoms with Gasteiger partial charge in [0.2, 0.25) is 0 Å². The van der Waals surface area contributed by atoms with E-state index in [0.29, 0.717) is 5.56 Å². The molecule has 0 saturated carbocycles. The fourth-order valence-corrected chi connectivity index (χ4v) is 3.30. The van der Waals surface area contributed by atoms with Crippen molar-refractivity contribution in [2.75, 3.05) is 6.54 Å². The maximum atomic E-state index is 12.9. The van der Waals surface area contributed by atoms with Crippen molar-refractivity contribution in [1.29, 1.82) is 0 Å². The van der Waals surface area contributed by atoms with Gasteiger partial charge in [-0.15, -0.1) is 11.3 Å². The van der Waals surface area contributed by atoms with E-state index in [0.717, 1.165) is 22.4 Å². The molecule has 1 nitrogen and oxygen atoms in total. The lowest BCUT2D eigenvalue weighted by molar-refractivity contribution is -0.137. The van der Waals surface area contributed by atoms with Crippen LogP contribution < -0.4 is 5.32 Å². The summed E-state index contributed by atoms with van der Waals surface area (Å²) in [7, 11) is 0. The van der Waals surface area contributed by atoms with Crippen LogP contribution in [-0.2, 0) is 6.18 Å². The Hall–Kier alpha value is -1.04. The monoisotopic (exact) mass is 333 g/mol. The highest BCUT2D eigenvalue weighted by Gasteiger charge is 2.33. The zero-order chi connectivity index (χ0) is 15.6.